The van der Waals surface area contributed by atoms with Crippen LogP contribution in [0.5, 0.6) is 0 Å². The lowest BCUT2D eigenvalue weighted by Crippen LogP contribution is -2.36. The molecule has 0 N–H and O–H groups in total. The average Bonchev–Trinajstić information content (AvgIpc) is 2.73. The molecule has 172 valence electrons. The molecular formula is C25H34N4O3. The molecule has 3 rings (SSSR count). The first-order chi connectivity index (χ1) is 15.4. The van der Waals surface area contributed by atoms with Crippen LogP contribution in [-0.2, 0) is 22.7 Å². The van der Waals surface area contributed by atoms with Crippen molar-refractivity contribution in [1.82, 2.24) is 14.5 Å². The number of aryl methyl sites for hydroxylation is 2. The number of nitrogens with zero attached hydrogens (tertiary/aromatic N) is 4. The zero-order valence-corrected chi connectivity index (χ0v) is 19.5. The van der Waals surface area contributed by atoms with Crippen LogP contribution < -0.4 is 10.6 Å². The third-order valence-electron chi connectivity index (χ3n) is 6.08. The van der Waals surface area contributed by atoms with Crippen molar-refractivity contribution in [2.75, 3.05) is 18.0 Å². The summed E-state index contributed by atoms with van der Waals surface area (Å²) in [4.78, 5) is 45.5. The van der Waals surface area contributed by atoms with Gasteiger partial charge >= 0.3 is 5.69 Å². The van der Waals surface area contributed by atoms with Crippen LogP contribution in [0.3, 0.4) is 0 Å². The predicted molar refractivity (Wildman–Crippen MR) is 126 cm³/mol. The molecule has 0 aliphatic carbocycles. The molecule has 0 atom stereocenters. The Kier molecular flexibility index (Phi) is 8.20. The van der Waals surface area contributed by atoms with E-state index in [2.05, 4.69) is 4.98 Å². The first-order valence-electron chi connectivity index (χ1n) is 11.6. The van der Waals surface area contributed by atoms with Crippen LogP contribution in [0.15, 0.2) is 35.1 Å². The fourth-order valence-electron chi connectivity index (χ4n) is 4.37. The average molecular weight is 439 g/mol. The largest absolute Gasteiger partial charge is 0.347 e. The quantitative estimate of drug-likeness (QED) is 0.734. The zero-order chi connectivity index (χ0) is 23.1. The molecule has 0 spiro atoms. The number of benzene rings is 1. The van der Waals surface area contributed by atoms with Crippen molar-refractivity contribution >= 4 is 17.5 Å². The molecule has 0 saturated carbocycles. The molecule has 2 aromatic rings. The van der Waals surface area contributed by atoms with Gasteiger partial charge in [0.15, 0.2) is 0 Å². The van der Waals surface area contributed by atoms with Crippen LogP contribution >= 0.6 is 0 Å². The first-order valence-corrected chi connectivity index (χ1v) is 11.6. The number of para-hydroxylation sites is 1. The summed E-state index contributed by atoms with van der Waals surface area (Å²) in [5.74, 6) is 0.0345. The van der Waals surface area contributed by atoms with Gasteiger partial charge in [-0.1, -0.05) is 37.5 Å². The summed E-state index contributed by atoms with van der Waals surface area (Å²) >= 11 is 0. The molecule has 1 aliphatic rings. The van der Waals surface area contributed by atoms with Crippen molar-refractivity contribution in [3.63, 3.8) is 0 Å². The van der Waals surface area contributed by atoms with Gasteiger partial charge in [0.1, 0.15) is 0 Å². The smallest absolute Gasteiger partial charge is 0.338 e. The van der Waals surface area contributed by atoms with Gasteiger partial charge in [-0.2, -0.15) is 4.98 Å². The highest BCUT2D eigenvalue weighted by atomic mass is 16.2. The minimum Gasteiger partial charge on any atom is -0.338 e. The number of rotatable bonds is 3. The van der Waals surface area contributed by atoms with Gasteiger partial charge < -0.3 is 9.80 Å². The highest BCUT2D eigenvalue weighted by molar-refractivity contribution is 5.92. The number of carbonyl (C=O) groups excluding carboxylic acids is 2. The highest BCUT2D eigenvalue weighted by Crippen LogP contribution is 2.24. The maximum Gasteiger partial charge on any atom is 0.347 e. The van der Waals surface area contributed by atoms with Gasteiger partial charge in [-0.05, 0) is 44.4 Å². The number of hydrogen-bond acceptors (Lipinski definition) is 4. The van der Waals surface area contributed by atoms with Gasteiger partial charge in [0.05, 0.1) is 0 Å². The molecule has 32 heavy (non-hydrogen) atoms. The molecule has 0 bridgehead atoms. The minimum atomic E-state index is -0.313. The number of hydrogen-bond donors (Lipinski definition) is 0. The maximum atomic E-state index is 13.2. The first kappa shape index (κ1) is 23.7. The molecule has 0 radical (unpaired) electrons. The van der Waals surface area contributed by atoms with Crippen LogP contribution in [0, 0.1) is 13.8 Å². The Labute approximate surface area is 190 Å². The predicted octanol–water partition coefficient (Wildman–Crippen LogP) is 3.60. The lowest BCUT2D eigenvalue weighted by molar-refractivity contribution is -0.132. The third kappa shape index (κ3) is 6.05. The van der Waals surface area contributed by atoms with E-state index in [1.165, 1.54) is 0 Å². The Balaban J connectivity index is 1.81. The minimum absolute atomic E-state index is 0.0121. The summed E-state index contributed by atoms with van der Waals surface area (Å²) in [5.41, 5.74) is 3.04. The third-order valence-corrected chi connectivity index (χ3v) is 6.08. The molecule has 7 nitrogen and oxygen atoms in total. The number of carbonyl (C=O) groups is 2. The summed E-state index contributed by atoms with van der Waals surface area (Å²) in [6.45, 7) is 7.40. The lowest BCUT2D eigenvalue weighted by Gasteiger charge is -2.29. The molecule has 0 fully saturated rings. The Morgan fingerprint density at radius 1 is 1.00 bits per heavy atom. The van der Waals surface area contributed by atoms with E-state index >= 15 is 0 Å². The van der Waals surface area contributed by atoms with Gasteiger partial charge in [0.2, 0.25) is 11.8 Å². The molecule has 2 amide bonds. The summed E-state index contributed by atoms with van der Waals surface area (Å²) < 4.78 is 1.56. The molecule has 1 aliphatic heterocycles. The normalized spacial score (nSPS) is 15.5. The second kappa shape index (κ2) is 11.1. The van der Waals surface area contributed by atoms with Gasteiger partial charge in [0.25, 0.3) is 0 Å². The second-order valence-electron chi connectivity index (χ2n) is 8.61. The fourth-order valence-corrected chi connectivity index (χ4v) is 4.37. The maximum absolute atomic E-state index is 13.2. The molecule has 0 saturated heterocycles. The van der Waals surface area contributed by atoms with E-state index in [-0.39, 0.29) is 23.9 Å². The number of amides is 2. The number of anilines is 1. The van der Waals surface area contributed by atoms with Crippen molar-refractivity contribution in [3.8, 4) is 0 Å². The standard InChI is InChI=1S/C25H34N4O3/c1-19-17-20(2)28(25(32)26-19)16-13-24(31)27-14-9-5-4-6-10-15-29(21(3)30)23-12-8-7-11-22(23)18-27/h7-8,11-12,17H,4-6,9-10,13-16,18H2,1-3H3. The molecule has 2 heterocycles. The molecule has 7 heteroatoms. The van der Waals surface area contributed by atoms with Crippen LogP contribution in [0.2, 0.25) is 0 Å². The van der Waals surface area contributed by atoms with Gasteiger partial charge in [-0.15, -0.1) is 0 Å². The zero-order valence-electron chi connectivity index (χ0n) is 19.5. The molecule has 1 aromatic carbocycles. The van der Waals surface area contributed by atoms with E-state index in [0.29, 0.717) is 31.9 Å². The molecule has 0 unspecified atom stereocenters. The second-order valence-corrected chi connectivity index (χ2v) is 8.61. The van der Waals surface area contributed by atoms with Crippen molar-refractivity contribution in [3.05, 3.63) is 57.8 Å². The van der Waals surface area contributed by atoms with E-state index < -0.39 is 0 Å². The van der Waals surface area contributed by atoms with E-state index in [0.717, 1.165) is 49.0 Å². The van der Waals surface area contributed by atoms with Crippen molar-refractivity contribution < 1.29 is 9.59 Å². The van der Waals surface area contributed by atoms with Crippen LogP contribution in [0.4, 0.5) is 5.69 Å². The van der Waals surface area contributed by atoms with Gasteiger partial charge in [0, 0.05) is 56.6 Å². The summed E-state index contributed by atoms with van der Waals surface area (Å²) in [6, 6.07) is 9.70. The Bertz CT molecular complexity index is 1010. The summed E-state index contributed by atoms with van der Waals surface area (Å²) in [5, 5.41) is 0. The summed E-state index contributed by atoms with van der Waals surface area (Å²) in [6.07, 6.45) is 5.40. The van der Waals surface area contributed by atoms with E-state index in [1.807, 2.05) is 47.1 Å². The Morgan fingerprint density at radius 2 is 1.69 bits per heavy atom. The van der Waals surface area contributed by atoms with E-state index in [4.69, 9.17) is 0 Å². The monoisotopic (exact) mass is 438 g/mol. The van der Waals surface area contributed by atoms with Crippen LogP contribution in [0.25, 0.3) is 0 Å². The van der Waals surface area contributed by atoms with E-state index in [1.54, 1.807) is 18.4 Å². The highest BCUT2D eigenvalue weighted by Gasteiger charge is 2.20. The van der Waals surface area contributed by atoms with Gasteiger partial charge in [-0.3, -0.25) is 14.2 Å². The van der Waals surface area contributed by atoms with Crippen molar-refractivity contribution in [2.24, 2.45) is 0 Å². The number of aromatic nitrogens is 2. The topological polar surface area (TPSA) is 75.5 Å². The van der Waals surface area contributed by atoms with Crippen molar-refractivity contribution in [1.29, 1.82) is 0 Å². The molecule has 1 aromatic heterocycles. The van der Waals surface area contributed by atoms with Crippen molar-refractivity contribution in [2.45, 2.75) is 72.4 Å². The van der Waals surface area contributed by atoms with Crippen LogP contribution in [0.1, 0.15) is 62.4 Å². The SMILES string of the molecule is CC(=O)N1CCCCCCCN(C(=O)CCn2c(C)cc(C)nc2=O)Cc2ccccc21. The van der Waals surface area contributed by atoms with E-state index in [9.17, 15) is 14.4 Å². The van der Waals surface area contributed by atoms with Crippen LogP contribution in [-0.4, -0.2) is 39.4 Å². The summed E-state index contributed by atoms with van der Waals surface area (Å²) in [7, 11) is 0. The molecular weight excluding hydrogens is 404 g/mol. The fraction of sp³-hybridized carbons (Fsp3) is 0.520. The Hall–Kier alpha value is -2.96. The lowest BCUT2D eigenvalue weighted by atomic mass is 10.1. The number of fused-ring (bicyclic) bond motifs is 1. The Morgan fingerprint density at radius 3 is 2.41 bits per heavy atom. The van der Waals surface area contributed by atoms with Gasteiger partial charge in [-0.25, -0.2) is 4.79 Å².